The Morgan fingerprint density at radius 2 is 0.816 bits per heavy atom. The largest absolute Gasteiger partial charge is 0.0622 e. The molecule has 182 valence electrons. The van der Waals surface area contributed by atoms with Crippen LogP contribution in [-0.2, 0) is 0 Å². The molecule has 6 aromatic carbocycles. The highest BCUT2D eigenvalue weighted by molar-refractivity contribution is 14.1. The first kappa shape index (κ1) is 24.4. The Morgan fingerprint density at radius 3 is 1.53 bits per heavy atom. The smallest absolute Gasteiger partial charge is 0.0130 e. The summed E-state index contributed by atoms with van der Waals surface area (Å²) >= 11 is 2.37. The van der Waals surface area contributed by atoms with Gasteiger partial charge < -0.3 is 0 Å². The summed E-state index contributed by atoms with van der Waals surface area (Å²) in [6.07, 6.45) is 0. The first-order valence-electron chi connectivity index (χ1n) is 12.9. The lowest BCUT2D eigenvalue weighted by Gasteiger charge is -2.15. The van der Waals surface area contributed by atoms with Crippen molar-refractivity contribution < 1.29 is 0 Å². The molecule has 6 aromatic rings. The third-order valence-electron chi connectivity index (χ3n) is 7.03. The van der Waals surface area contributed by atoms with Crippen molar-refractivity contribution in [1.82, 2.24) is 0 Å². The molecule has 38 heavy (non-hydrogen) atoms. The normalized spacial score (nSPS) is 10.9. The molecule has 0 atom stereocenters. The maximum atomic E-state index is 2.37. The summed E-state index contributed by atoms with van der Waals surface area (Å²) in [5.41, 5.74) is 13.6. The van der Waals surface area contributed by atoms with Gasteiger partial charge in [0, 0.05) is 3.57 Å². The fraction of sp³-hybridized carbons (Fsp3) is 0.0270. The molecule has 0 saturated heterocycles. The van der Waals surface area contributed by atoms with Gasteiger partial charge in [-0.15, -0.1) is 0 Å². The topological polar surface area (TPSA) is 0 Å². The summed E-state index contributed by atoms with van der Waals surface area (Å²) in [5.74, 6) is 0. The summed E-state index contributed by atoms with van der Waals surface area (Å²) in [6.45, 7) is 2.16. The Hall–Kier alpha value is -3.95. The monoisotopic (exact) mass is 598 g/mol. The Balaban J connectivity index is 1.48. The summed E-state index contributed by atoms with van der Waals surface area (Å²) in [7, 11) is 0. The van der Waals surface area contributed by atoms with Crippen molar-refractivity contribution in [3.63, 3.8) is 0 Å². The molecule has 0 unspecified atom stereocenters. The lowest BCUT2D eigenvalue weighted by molar-refractivity contribution is 1.46. The molecule has 0 bridgehead atoms. The molecule has 0 saturated carbocycles. The molecule has 6 rings (SSSR count). The van der Waals surface area contributed by atoms with E-state index in [4.69, 9.17) is 0 Å². The highest BCUT2D eigenvalue weighted by atomic mass is 127. The minimum atomic E-state index is 1.22. The third-order valence-corrected chi connectivity index (χ3v) is 7.75. The van der Waals surface area contributed by atoms with E-state index in [9.17, 15) is 0 Å². The number of aryl methyl sites for hydroxylation is 1. The molecule has 0 N–H and O–H groups in total. The van der Waals surface area contributed by atoms with Crippen LogP contribution in [0.3, 0.4) is 0 Å². The van der Waals surface area contributed by atoms with Crippen LogP contribution in [0, 0.1) is 10.5 Å². The predicted octanol–water partition coefficient (Wildman–Crippen LogP) is 10.9. The van der Waals surface area contributed by atoms with E-state index >= 15 is 0 Å². The maximum Gasteiger partial charge on any atom is 0.0130 e. The van der Waals surface area contributed by atoms with Crippen molar-refractivity contribution in [2.45, 2.75) is 6.92 Å². The highest BCUT2D eigenvalue weighted by Gasteiger charge is 2.12. The Labute approximate surface area is 238 Å². The van der Waals surface area contributed by atoms with E-state index in [0.29, 0.717) is 0 Å². The van der Waals surface area contributed by atoms with E-state index in [1.807, 2.05) is 0 Å². The van der Waals surface area contributed by atoms with Crippen LogP contribution in [0.1, 0.15) is 5.56 Å². The molecule has 0 aliphatic carbocycles. The zero-order chi connectivity index (χ0) is 25.9. The fourth-order valence-corrected chi connectivity index (χ4v) is 5.45. The van der Waals surface area contributed by atoms with Crippen LogP contribution < -0.4 is 0 Å². The minimum Gasteiger partial charge on any atom is -0.0622 e. The number of halogens is 1. The second kappa shape index (κ2) is 10.8. The van der Waals surface area contributed by atoms with Gasteiger partial charge in [0.05, 0.1) is 0 Å². The van der Waals surface area contributed by atoms with Crippen LogP contribution in [0.2, 0.25) is 0 Å². The summed E-state index contributed by atoms with van der Waals surface area (Å²) in [4.78, 5) is 0. The van der Waals surface area contributed by atoms with Crippen LogP contribution >= 0.6 is 22.6 Å². The number of rotatable bonds is 5. The van der Waals surface area contributed by atoms with Gasteiger partial charge in [0.1, 0.15) is 0 Å². The van der Waals surface area contributed by atoms with E-state index in [0.717, 1.165) is 0 Å². The van der Waals surface area contributed by atoms with Gasteiger partial charge in [-0.3, -0.25) is 0 Å². The molecule has 1 heteroatoms. The van der Waals surface area contributed by atoms with Crippen molar-refractivity contribution in [3.8, 4) is 55.6 Å². The van der Waals surface area contributed by atoms with Gasteiger partial charge in [0.25, 0.3) is 0 Å². The van der Waals surface area contributed by atoms with Crippen molar-refractivity contribution in [2.75, 3.05) is 0 Å². The van der Waals surface area contributed by atoms with E-state index in [-0.39, 0.29) is 0 Å². The summed E-state index contributed by atoms with van der Waals surface area (Å²) in [5, 5.41) is 0. The maximum absolute atomic E-state index is 2.37. The molecule has 0 aliphatic heterocycles. The molecule has 0 heterocycles. The fourth-order valence-electron chi connectivity index (χ4n) is 5.09. The van der Waals surface area contributed by atoms with Gasteiger partial charge in [-0.2, -0.15) is 0 Å². The molecule has 0 fully saturated rings. The Morgan fingerprint density at radius 1 is 0.342 bits per heavy atom. The van der Waals surface area contributed by atoms with Gasteiger partial charge in [-0.1, -0.05) is 127 Å². The number of hydrogen-bond acceptors (Lipinski definition) is 0. The molecule has 0 spiro atoms. The first-order valence-corrected chi connectivity index (χ1v) is 14.0. The molecule has 0 aromatic heterocycles. The third kappa shape index (κ3) is 5.07. The second-order valence-corrected chi connectivity index (χ2v) is 10.9. The lowest BCUT2D eigenvalue weighted by Crippen LogP contribution is -1.90. The molecular weight excluding hydrogens is 571 g/mol. The zero-order valence-electron chi connectivity index (χ0n) is 21.2. The Kier molecular flexibility index (Phi) is 6.94. The molecule has 0 aliphatic rings. The van der Waals surface area contributed by atoms with Gasteiger partial charge >= 0.3 is 0 Å². The molecular formula is C37H27I. The van der Waals surface area contributed by atoms with Crippen LogP contribution in [0.15, 0.2) is 146 Å². The minimum absolute atomic E-state index is 1.22. The standard InChI is InChI=1S/C37H27I/c1-26-15-21-35(36(23-26)28-11-6-3-7-12-28)32-14-8-13-30(24-32)31-18-22-34(27-9-4-2-5-10-27)37(25-31)29-16-19-33(38)20-17-29/h2-25H,1H3. The van der Waals surface area contributed by atoms with Gasteiger partial charge in [0.15, 0.2) is 0 Å². The lowest BCUT2D eigenvalue weighted by atomic mass is 9.89. The van der Waals surface area contributed by atoms with Gasteiger partial charge in [-0.05, 0) is 109 Å². The SMILES string of the molecule is Cc1ccc(-c2cccc(-c3ccc(-c4ccccc4)c(-c4ccc(I)cc4)c3)c2)c(-c2ccccc2)c1. The number of benzene rings is 6. The zero-order valence-corrected chi connectivity index (χ0v) is 23.4. The summed E-state index contributed by atoms with van der Waals surface area (Å²) < 4.78 is 1.24. The number of hydrogen-bond donors (Lipinski definition) is 0. The second-order valence-electron chi connectivity index (χ2n) is 9.63. The van der Waals surface area contributed by atoms with E-state index in [1.54, 1.807) is 0 Å². The van der Waals surface area contributed by atoms with Crippen LogP contribution in [0.5, 0.6) is 0 Å². The van der Waals surface area contributed by atoms with E-state index in [2.05, 4.69) is 175 Å². The van der Waals surface area contributed by atoms with E-state index in [1.165, 1.54) is 64.8 Å². The average Bonchev–Trinajstić information content (AvgIpc) is 2.98. The van der Waals surface area contributed by atoms with Crippen molar-refractivity contribution in [2.24, 2.45) is 0 Å². The van der Waals surface area contributed by atoms with Crippen molar-refractivity contribution in [1.29, 1.82) is 0 Å². The first-order chi connectivity index (χ1) is 18.7. The van der Waals surface area contributed by atoms with Gasteiger partial charge in [0.2, 0.25) is 0 Å². The molecule has 0 amide bonds. The van der Waals surface area contributed by atoms with Crippen LogP contribution in [0.4, 0.5) is 0 Å². The predicted molar refractivity (Wildman–Crippen MR) is 171 cm³/mol. The van der Waals surface area contributed by atoms with Crippen molar-refractivity contribution in [3.05, 3.63) is 155 Å². The van der Waals surface area contributed by atoms with Crippen LogP contribution in [0.25, 0.3) is 55.6 Å². The quantitative estimate of drug-likeness (QED) is 0.173. The van der Waals surface area contributed by atoms with Crippen LogP contribution in [-0.4, -0.2) is 0 Å². The van der Waals surface area contributed by atoms with Crippen molar-refractivity contribution >= 4 is 22.6 Å². The molecule has 0 radical (unpaired) electrons. The highest BCUT2D eigenvalue weighted by Crippen LogP contribution is 2.38. The van der Waals surface area contributed by atoms with E-state index < -0.39 is 0 Å². The Bertz CT molecular complexity index is 1700. The molecule has 0 nitrogen and oxygen atoms in total. The van der Waals surface area contributed by atoms with Gasteiger partial charge in [-0.25, -0.2) is 0 Å². The average molecular weight is 599 g/mol. The summed E-state index contributed by atoms with van der Waals surface area (Å²) in [6, 6.07) is 52.7.